The van der Waals surface area contributed by atoms with Gasteiger partial charge in [-0.05, 0) is 38.4 Å². The molecule has 0 aliphatic carbocycles. The van der Waals surface area contributed by atoms with Crippen LogP contribution in [0, 0.1) is 13.8 Å². The number of benzene rings is 1. The second-order valence-corrected chi connectivity index (χ2v) is 5.11. The molecule has 1 aliphatic heterocycles. The fraction of sp³-hybridized carbons (Fsp3) is 0.118. The highest BCUT2D eigenvalue weighted by Crippen LogP contribution is 2.15. The first-order valence-electron chi connectivity index (χ1n) is 6.88. The summed E-state index contributed by atoms with van der Waals surface area (Å²) in [6.07, 6.45) is 6.01. The van der Waals surface area contributed by atoms with Crippen LogP contribution in [0.25, 0.3) is 0 Å². The normalized spacial score (nSPS) is 13.9. The zero-order valence-corrected chi connectivity index (χ0v) is 11.8. The zero-order valence-electron chi connectivity index (χ0n) is 11.8. The molecule has 0 spiro atoms. The van der Waals surface area contributed by atoms with E-state index in [2.05, 4.69) is 61.4 Å². The van der Waals surface area contributed by atoms with Gasteiger partial charge in [-0.15, -0.1) is 0 Å². The fourth-order valence-corrected chi connectivity index (χ4v) is 2.69. The lowest BCUT2D eigenvalue weighted by atomic mass is 9.43. The Morgan fingerprint density at radius 3 is 2.20 bits per heavy atom. The van der Waals surface area contributed by atoms with Crippen LogP contribution in [0.1, 0.15) is 11.1 Å². The lowest BCUT2D eigenvalue weighted by molar-refractivity contribution is 1.17. The van der Waals surface area contributed by atoms with Crippen LogP contribution >= 0.6 is 0 Å². The summed E-state index contributed by atoms with van der Waals surface area (Å²) in [6, 6.07) is 12.4. The van der Waals surface area contributed by atoms with E-state index in [0.29, 0.717) is 6.71 Å². The summed E-state index contributed by atoms with van der Waals surface area (Å²) in [4.78, 5) is 6.40. The Balaban J connectivity index is 1.86. The van der Waals surface area contributed by atoms with Gasteiger partial charge in [0.1, 0.15) is 5.82 Å². The maximum absolute atomic E-state index is 4.36. The topological polar surface area (TPSA) is 16.1 Å². The van der Waals surface area contributed by atoms with Gasteiger partial charge in [0.15, 0.2) is 0 Å². The van der Waals surface area contributed by atoms with Gasteiger partial charge in [-0.25, -0.2) is 4.98 Å². The third-order valence-electron chi connectivity index (χ3n) is 3.70. The average molecular weight is 260 g/mol. The lowest BCUT2D eigenvalue weighted by Gasteiger charge is -2.21. The Kier molecular flexibility index (Phi) is 3.42. The molecule has 0 saturated carbocycles. The van der Waals surface area contributed by atoms with E-state index in [1.165, 1.54) is 16.6 Å². The van der Waals surface area contributed by atoms with Gasteiger partial charge in [-0.2, -0.15) is 0 Å². The quantitative estimate of drug-likeness (QED) is 0.771. The summed E-state index contributed by atoms with van der Waals surface area (Å²) in [5.41, 5.74) is 4.09. The largest absolute Gasteiger partial charge is 0.311 e. The summed E-state index contributed by atoms with van der Waals surface area (Å²) >= 11 is 0. The van der Waals surface area contributed by atoms with E-state index in [-0.39, 0.29) is 0 Å². The Labute approximate surface area is 120 Å². The smallest absolute Gasteiger partial charge is 0.229 e. The molecule has 0 radical (unpaired) electrons. The van der Waals surface area contributed by atoms with Crippen molar-refractivity contribution in [3.63, 3.8) is 0 Å². The molecule has 0 saturated heterocycles. The van der Waals surface area contributed by atoms with Gasteiger partial charge in [-0.1, -0.05) is 52.8 Å². The predicted octanol–water partition coefficient (Wildman–Crippen LogP) is 3.03. The molecule has 3 heteroatoms. The molecule has 1 aromatic heterocycles. The highest BCUT2D eigenvalue weighted by molar-refractivity contribution is 6.83. The number of anilines is 1. The summed E-state index contributed by atoms with van der Waals surface area (Å²) in [7, 11) is 0. The van der Waals surface area contributed by atoms with Crippen molar-refractivity contribution in [2.75, 3.05) is 4.90 Å². The Morgan fingerprint density at radius 1 is 0.900 bits per heavy atom. The zero-order chi connectivity index (χ0) is 13.9. The highest BCUT2D eigenvalue weighted by atomic mass is 15.2. The first-order valence-corrected chi connectivity index (χ1v) is 6.88. The number of pyridine rings is 1. The maximum Gasteiger partial charge on any atom is 0.229 e. The Hall–Kier alpha value is -2.29. The maximum atomic E-state index is 4.36. The van der Waals surface area contributed by atoms with Crippen LogP contribution in [0.15, 0.2) is 66.9 Å². The minimum atomic E-state index is 0.344. The van der Waals surface area contributed by atoms with Gasteiger partial charge in [-0.3, -0.25) is 0 Å². The van der Waals surface area contributed by atoms with Crippen molar-refractivity contribution in [1.82, 2.24) is 4.98 Å². The Morgan fingerprint density at radius 2 is 1.60 bits per heavy atom. The van der Waals surface area contributed by atoms with Gasteiger partial charge in [0.05, 0.1) is 0 Å². The Bertz CT molecular complexity index is 628. The first-order chi connectivity index (χ1) is 9.75. The monoisotopic (exact) mass is 260 g/mol. The van der Waals surface area contributed by atoms with Crippen molar-refractivity contribution in [3.8, 4) is 0 Å². The first kappa shape index (κ1) is 12.7. The van der Waals surface area contributed by atoms with E-state index >= 15 is 0 Å². The SMILES string of the molecule is Cc1cccc(C)c1B1C=CN(c2ccccn2)C=C1. The standard InChI is InChI=1S/C17H17BN2/c1-14-6-5-7-15(2)17(14)18-9-12-20(13-10-18)16-8-3-4-11-19-16/h3-13H,1-2H3. The van der Waals surface area contributed by atoms with Crippen molar-refractivity contribution in [1.29, 1.82) is 0 Å². The molecule has 0 unspecified atom stereocenters. The predicted molar refractivity (Wildman–Crippen MR) is 86.3 cm³/mol. The number of aryl methyl sites for hydroxylation is 2. The molecule has 20 heavy (non-hydrogen) atoms. The van der Waals surface area contributed by atoms with Gasteiger partial charge in [0, 0.05) is 6.20 Å². The minimum Gasteiger partial charge on any atom is -0.311 e. The third kappa shape index (κ3) is 2.39. The second kappa shape index (κ2) is 5.37. The van der Waals surface area contributed by atoms with Crippen LogP contribution in [-0.4, -0.2) is 11.7 Å². The molecule has 2 aromatic rings. The number of hydrogen-bond donors (Lipinski definition) is 0. The molecule has 0 amide bonds. The number of nitrogens with zero attached hydrogens (tertiary/aromatic N) is 2. The van der Waals surface area contributed by atoms with E-state index in [9.17, 15) is 0 Å². The second-order valence-electron chi connectivity index (χ2n) is 5.11. The molecule has 98 valence electrons. The molecule has 1 aromatic carbocycles. The molecule has 0 atom stereocenters. The van der Waals surface area contributed by atoms with E-state index < -0.39 is 0 Å². The summed E-state index contributed by atoms with van der Waals surface area (Å²) in [5, 5.41) is 0. The highest BCUT2D eigenvalue weighted by Gasteiger charge is 2.18. The number of rotatable bonds is 2. The number of aromatic nitrogens is 1. The molecule has 2 heterocycles. The van der Waals surface area contributed by atoms with Gasteiger partial charge in [0.25, 0.3) is 0 Å². The van der Waals surface area contributed by atoms with Crippen LogP contribution in [0.4, 0.5) is 5.82 Å². The van der Waals surface area contributed by atoms with Crippen LogP contribution in [0.2, 0.25) is 0 Å². The van der Waals surface area contributed by atoms with E-state index in [4.69, 9.17) is 0 Å². The number of hydrogen-bond acceptors (Lipinski definition) is 2. The van der Waals surface area contributed by atoms with Crippen molar-refractivity contribution in [2.45, 2.75) is 13.8 Å². The molecule has 1 aliphatic rings. The van der Waals surface area contributed by atoms with E-state index in [1.807, 2.05) is 29.3 Å². The summed E-state index contributed by atoms with van der Waals surface area (Å²) in [6.45, 7) is 4.70. The van der Waals surface area contributed by atoms with Crippen molar-refractivity contribution < 1.29 is 0 Å². The average Bonchev–Trinajstić information content (AvgIpc) is 2.49. The summed E-state index contributed by atoms with van der Waals surface area (Å²) < 4.78 is 0. The molecule has 0 N–H and O–H groups in total. The van der Waals surface area contributed by atoms with Crippen LogP contribution in [-0.2, 0) is 0 Å². The van der Waals surface area contributed by atoms with Crippen molar-refractivity contribution in [3.05, 3.63) is 78.1 Å². The minimum absolute atomic E-state index is 0.344. The van der Waals surface area contributed by atoms with Crippen molar-refractivity contribution >= 4 is 18.0 Å². The van der Waals surface area contributed by atoms with E-state index in [1.54, 1.807) is 0 Å². The third-order valence-corrected chi connectivity index (χ3v) is 3.70. The molecule has 2 nitrogen and oxygen atoms in total. The van der Waals surface area contributed by atoms with Crippen LogP contribution in [0.5, 0.6) is 0 Å². The van der Waals surface area contributed by atoms with Gasteiger partial charge >= 0.3 is 0 Å². The molecular weight excluding hydrogens is 243 g/mol. The van der Waals surface area contributed by atoms with Crippen LogP contribution in [0.3, 0.4) is 0 Å². The fourth-order valence-electron chi connectivity index (χ4n) is 2.69. The molecule has 0 fully saturated rings. The summed E-state index contributed by atoms with van der Waals surface area (Å²) in [5.74, 6) is 5.40. The van der Waals surface area contributed by atoms with Crippen molar-refractivity contribution in [2.24, 2.45) is 0 Å². The molecule has 0 bridgehead atoms. The van der Waals surface area contributed by atoms with Gasteiger partial charge < -0.3 is 4.90 Å². The molecular formula is C17H17BN2. The molecule has 3 rings (SSSR count). The van der Waals surface area contributed by atoms with Gasteiger partial charge in [0.2, 0.25) is 6.71 Å². The van der Waals surface area contributed by atoms with E-state index in [0.717, 1.165) is 5.82 Å². The van der Waals surface area contributed by atoms with Crippen LogP contribution < -0.4 is 10.4 Å². The lowest BCUT2D eigenvalue weighted by Crippen LogP contribution is -2.34.